The van der Waals surface area contributed by atoms with E-state index in [0.29, 0.717) is 6.04 Å². The smallest absolute Gasteiger partial charge is 0.169 e. The molecule has 64 valence electrons. The highest BCUT2D eigenvalue weighted by atomic mass is 32.1. The number of nitrogens with zero attached hydrogens (tertiary/aromatic N) is 1. The maximum Gasteiger partial charge on any atom is 0.169 e. The zero-order valence-corrected chi connectivity index (χ0v) is 8.08. The zero-order chi connectivity index (χ0) is 8.27. The van der Waals surface area contributed by atoms with Crippen LogP contribution in [0.4, 0.5) is 0 Å². The van der Waals surface area contributed by atoms with Crippen molar-refractivity contribution in [3.8, 4) is 0 Å². The summed E-state index contributed by atoms with van der Waals surface area (Å²) in [6.07, 6.45) is 2.39. The topological polar surface area (TPSA) is 15.3 Å². The van der Waals surface area contributed by atoms with E-state index < -0.39 is 0 Å². The first-order chi connectivity index (χ1) is 5.29. The van der Waals surface area contributed by atoms with Gasteiger partial charge < -0.3 is 10.2 Å². The van der Waals surface area contributed by atoms with Crippen LogP contribution in [0.2, 0.25) is 0 Å². The van der Waals surface area contributed by atoms with Gasteiger partial charge in [0, 0.05) is 19.1 Å². The second kappa shape index (κ2) is 3.90. The first-order valence-corrected chi connectivity index (χ1v) is 4.74. The minimum atomic E-state index is 0.650. The van der Waals surface area contributed by atoms with Crippen LogP contribution in [0.1, 0.15) is 26.7 Å². The van der Waals surface area contributed by atoms with Gasteiger partial charge in [0.1, 0.15) is 0 Å². The molecule has 1 heterocycles. The van der Waals surface area contributed by atoms with Crippen LogP contribution in [0, 0.1) is 0 Å². The molecule has 0 spiro atoms. The monoisotopic (exact) mass is 172 g/mol. The molecular weight excluding hydrogens is 156 g/mol. The Morgan fingerprint density at radius 1 is 1.55 bits per heavy atom. The third-order valence-electron chi connectivity index (χ3n) is 2.27. The molecule has 0 aromatic rings. The first-order valence-electron chi connectivity index (χ1n) is 4.34. The number of hydrogen-bond acceptors (Lipinski definition) is 1. The summed E-state index contributed by atoms with van der Waals surface area (Å²) in [7, 11) is 0. The van der Waals surface area contributed by atoms with Crippen LogP contribution in [-0.4, -0.2) is 29.1 Å². The number of thiocarbonyl (C=S) groups is 1. The van der Waals surface area contributed by atoms with Crippen molar-refractivity contribution >= 4 is 17.3 Å². The zero-order valence-electron chi connectivity index (χ0n) is 7.26. The molecule has 0 unspecified atom stereocenters. The highest BCUT2D eigenvalue weighted by molar-refractivity contribution is 7.80. The molecule has 0 atom stereocenters. The molecule has 0 bridgehead atoms. The lowest BCUT2D eigenvalue weighted by atomic mass is 10.1. The second-order valence-electron chi connectivity index (χ2n) is 2.90. The highest BCUT2D eigenvalue weighted by Gasteiger charge is 2.21. The number of nitrogens with one attached hydrogen (secondary N) is 1. The Morgan fingerprint density at radius 3 is 2.55 bits per heavy atom. The summed E-state index contributed by atoms with van der Waals surface area (Å²) in [5.74, 6) is 0. The summed E-state index contributed by atoms with van der Waals surface area (Å²) < 4.78 is 0. The molecule has 1 aliphatic rings. The highest BCUT2D eigenvalue weighted by Crippen LogP contribution is 2.10. The van der Waals surface area contributed by atoms with Crippen molar-refractivity contribution in [2.24, 2.45) is 0 Å². The van der Waals surface area contributed by atoms with Crippen molar-refractivity contribution in [1.29, 1.82) is 0 Å². The van der Waals surface area contributed by atoms with E-state index in [4.69, 9.17) is 12.2 Å². The summed E-state index contributed by atoms with van der Waals surface area (Å²) in [6.45, 7) is 6.55. The molecule has 0 radical (unpaired) electrons. The fraction of sp³-hybridized carbons (Fsp3) is 0.875. The first kappa shape index (κ1) is 8.78. The van der Waals surface area contributed by atoms with Crippen molar-refractivity contribution in [2.45, 2.75) is 32.7 Å². The van der Waals surface area contributed by atoms with E-state index in [1.807, 2.05) is 0 Å². The van der Waals surface area contributed by atoms with Gasteiger partial charge in [-0.3, -0.25) is 0 Å². The van der Waals surface area contributed by atoms with E-state index in [0.717, 1.165) is 18.2 Å². The van der Waals surface area contributed by atoms with Crippen LogP contribution >= 0.6 is 12.2 Å². The van der Waals surface area contributed by atoms with E-state index in [-0.39, 0.29) is 0 Å². The molecule has 0 saturated carbocycles. The Balaban J connectivity index is 2.49. The largest absolute Gasteiger partial charge is 0.361 e. The average Bonchev–Trinajstić information content (AvgIpc) is 2.40. The number of hydrogen-bond donors (Lipinski definition) is 1. The van der Waals surface area contributed by atoms with Crippen LogP contribution in [0.15, 0.2) is 0 Å². The molecule has 3 heteroatoms. The van der Waals surface area contributed by atoms with Crippen molar-refractivity contribution in [1.82, 2.24) is 10.2 Å². The van der Waals surface area contributed by atoms with E-state index in [1.54, 1.807) is 0 Å². The standard InChI is InChI=1S/C8H16N2S/c1-3-7(4-2)10-6-5-9-8(10)11/h7H,3-6H2,1-2H3,(H,9,11). The van der Waals surface area contributed by atoms with E-state index in [2.05, 4.69) is 24.1 Å². The molecule has 1 fully saturated rings. The van der Waals surface area contributed by atoms with Crippen molar-refractivity contribution in [2.75, 3.05) is 13.1 Å². The third-order valence-corrected chi connectivity index (χ3v) is 2.65. The Morgan fingerprint density at radius 2 is 2.18 bits per heavy atom. The lowest BCUT2D eigenvalue weighted by molar-refractivity contribution is 0.325. The second-order valence-corrected chi connectivity index (χ2v) is 3.28. The molecule has 0 aromatic heterocycles. The molecule has 11 heavy (non-hydrogen) atoms. The molecule has 2 nitrogen and oxygen atoms in total. The molecule has 1 aliphatic heterocycles. The van der Waals surface area contributed by atoms with Gasteiger partial charge in [0.25, 0.3) is 0 Å². The maximum absolute atomic E-state index is 5.16. The van der Waals surface area contributed by atoms with Gasteiger partial charge in [-0.2, -0.15) is 0 Å². The molecule has 1 rings (SSSR count). The summed E-state index contributed by atoms with van der Waals surface area (Å²) >= 11 is 5.16. The Hall–Kier alpha value is -0.310. The van der Waals surface area contributed by atoms with Gasteiger partial charge in [0.05, 0.1) is 0 Å². The molecule has 1 N–H and O–H groups in total. The van der Waals surface area contributed by atoms with E-state index >= 15 is 0 Å². The van der Waals surface area contributed by atoms with Gasteiger partial charge in [-0.1, -0.05) is 13.8 Å². The Kier molecular flexibility index (Phi) is 3.12. The third kappa shape index (κ3) is 1.83. The summed E-state index contributed by atoms with van der Waals surface area (Å²) in [6, 6.07) is 0.650. The number of rotatable bonds is 3. The lowest BCUT2D eigenvalue weighted by Crippen LogP contribution is -2.36. The SMILES string of the molecule is CCC(CC)N1CCNC1=S. The van der Waals surface area contributed by atoms with Gasteiger partial charge in [-0.15, -0.1) is 0 Å². The average molecular weight is 172 g/mol. The minimum absolute atomic E-state index is 0.650. The van der Waals surface area contributed by atoms with Crippen LogP contribution < -0.4 is 5.32 Å². The predicted molar refractivity (Wildman–Crippen MR) is 51.7 cm³/mol. The van der Waals surface area contributed by atoms with Gasteiger partial charge >= 0.3 is 0 Å². The van der Waals surface area contributed by atoms with E-state index in [1.165, 1.54) is 12.8 Å². The molecule has 0 aliphatic carbocycles. The van der Waals surface area contributed by atoms with Crippen LogP contribution in [0.25, 0.3) is 0 Å². The van der Waals surface area contributed by atoms with Gasteiger partial charge in [0.2, 0.25) is 0 Å². The normalized spacial score (nSPS) is 17.7. The summed E-state index contributed by atoms with van der Waals surface area (Å²) in [5, 5.41) is 4.12. The molecule has 0 aromatic carbocycles. The Bertz CT molecular complexity index is 143. The van der Waals surface area contributed by atoms with Crippen LogP contribution in [0.5, 0.6) is 0 Å². The van der Waals surface area contributed by atoms with Gasteiger partial charge in [-0.25, -0.2) is 0 Å². The van der Waals surface area contributed by atoms with E-state index in [9.17, 15) is 0 Å². The van der Waals surface area contributed by atoms with Gasteiger partial charge in [-0.05, 0) is 25.1 Å². The van der Waals surface area contributed by atoms with Crippen molar-refractivity contribution in [3.05, 3.63) is 0 Å². The minimum Gasteiger partial charge on any atom is -0.361 e. The molecule has 1 saturated heterocycles. The van der Waals surface area contributed by atoms with Crippen molar-refractivity contribution in [3.63, 3.8) is 0 Å². The fourth-order valence-corrected chi connectivity index (χ4v) is 1.91. The van der Waals surface area contributed by atoms with Gasteiger partial charge in [0.15, 0.2) is 5.11 Å². The molecule has 0 amide bonds. The quantitative estimate of drug-likeness (QED) is 0.647. The fourth-order valence-electron chi connectivity index (χ4n) is 1.56. The predicted octanol–water partition coefficient (Wildman–Crippen LogP) is 1.37. The van der Waals surface area contributed by atoms with Crippen LogP contribution in [-0.2, 0) is 0 Å². The van der Waals surface area contributed by atoms with Crippen LogP contribution in [0.3, 0.4) is 0 Å². The Labute approximate surface area is 74.0 Å². The molecular formula is C8H16N2S. The van der Waals surface area contributed by atoms with Crippen molar-refractivity contribution < 1.29 is 0 Å². The summed E-state index contributed by atoms with van der Waals surface area (Å²) in [4.78, 5) is 2.30. The summed E-state index contributed by atoms with van der Waals surface area (Å²) in [5.41, 5.74) is 0. The lowest BCUT2D eigenvalue weighted by Gasteiger charge is -2.26. The maximum atomic E-state index is 5.16.